The Hall–Kier alpha value is -3.37. The van der Waals surface area contributed by atoms with Crippen LogP contribution in [0.25, 0.3) is 22.3 Å². The summed E-state index contributed by atoms with van der Waals surface area (Å²) in [6.07, 6.45) is 0. The molecule has 0 radical (unpaired) electrons. The predicted molar refractivity (Wildman–Crippen MR) is 109 cm³/mol. The summed E-state index contributed by atoms with van der Waals surface area (Å²) in [6.45, 7) is 4.24. The average molecular weight is 335 g/mol. The lowest BCUT2D eigenvalue weighted by Gasteiger charge is -2.07. The Morgan fingerprint density at radius 3 is 2.12 bits per heavy atom. The van der Waals surface area contributed by atoms with Crippen molar-refractivity contribution in [2.75, 3.05) is 0 Å². The van der Waals surface area contributed by atoms with Crippen molar-refractivity contribution >= 4 is 0 Å². The molecular weight excluding hydrogens is 314 g/mol. The van der Waals surface area contributed by atoms with E-state index in [1.807, 2.05) is 24.3 Å². The Balaban J connectivity index is 2.05. The molecule has 0 atom stereocenters. The van der Waals surface area contributed by atoms with Gasteiger partial charge in [0.25, 0.3) is 0 Å². The first kappa shape index (κ1) is 17.5. The third-order valence-electron chi connectivity index (χ3n) is 4.39. The molecule has 0 heterocycles. The largest absolute Gasteiger partial charge is 0.192 e. The number of benzene rings is 2. The van der Waals surface area contributed by atoms with E-state index in [-0.39, 0.29) is 0 Å². The van der Waals surface area contributed by atoms with Crippen LogP contribution in [0.15, 0.2) is 91.0 Å². The number of hydrogen-bond acceptors (Lipinski definition) is 1. The lowest BCUT2D eigenvalue weighted by atomic mass is 9.97. The Kier molecular flexibility index (Phi) is 5.46. The molecule has 126 valence electrons. The van der Waals surface area contributed by atoms with Crippen molar-refractivity contribution in [3.63, 3.8) is 0 Å². The molecule has 0 unspecified atom stereocenters. The first-order valence-electron chi connectivity index (χ1n) is 8.69. The van der Waals surface area contributed by atoms with E-state index < -0.39 is 0 Å². The molecule has 0 fully saturated rings. The molecule has 0 aromatic heterocycles. The predicted octanol–water partition coefficient (Wildman–Crippen LogP) is 6.63. The Morgan fingerprint density at radius 1 is 0.615 bits per heavy atom. The first-order valence-corrected chi connectivity index (χ1v) is 8.69. The van der Waals surface area contributed by atoms with Crippen LogP contribution in [-0.4, -0.2) is 0 Å². The highest BCUT2D eigenvalue weighted by Crippen LogP contribution is 2.26. The topological polar surface area (TPSA) is 23.8 Å². The molecule has 1 nitrogen and oxygen atoms in total. The SMILES string of the molecule is Cc1cccccc(C)c(-c2ccc(-c3cccc(C#N)c3)cc2)cc1. The molecule has 0 saturated heterocycles. The number of nitriles is 1. The summed E-state index contributed by atoms with van der Waals surface area (Å²) in [5.41, 5.74) is 7.68. The van der Waals surface area contributed by atoms with Gasteiger partial charge in [-0.05, 0) is 53.8 Å². The average Bonchev–Trinajstić information content (AvgIpc) is 2.68. The van der Waals surface area contributed by atoms with Crippen molar-refractivity contribution < 1.29 is 0 Å². The zero-order valence-corrected chi connectivity index (χ0v) is 15.1. The molecule has 0 aliphatic rings. The van der Waals surface area contributed by atoms with Gasteiger partial charge in [-0.2, -0.15) is 5.26 Å². The quantitative estimate of drug-likeness (QED) is 0.515. The van der Waals surface area contributed by atoms with Gasteiger partial charge in [-0.25, -0.2) is 0 Å². The van der Waals surface area contributed by atoms with Gasteiger partial charge in [0.15, 0.2) is 0 Å². The maximum absolute atomic E-state index is 9.09. The summed E-state index contributed by atoms with van der Waals surface area (Å²) in [4.78, 5) is 0. The van der Waals surface area contributed by atoms with Gasteiger partial charge in [-0.15, -0.1) is 0 Å². The smallest absolute Gasteiger partial charge is 0.0991 e. The minimum absolute atomic E-state index is 0.681. The van der Waals surface area contributed by atoms with E-state index in [2.05, 4.69) is 86.6 Å². The van der Waals surface area contributed by atoms with Gasteiger partial charge < -0.3 is 0 Å². The molecular formula is C25H21N. The summed E-state index contributed by atoms with van der Waals surface area (Å²) in [7, 11) is 0. The molecule has 0 aliphatic carbocycles. The first-order chi connectivity index (χ1) is 12.7. The van der Waals surface area contributed by atoms with E-state index in [4.69, 9.17) is 5.26 Å². The Morgan fingerprint density at radius 2 is 1.35 bits per heavy atom. The van der Waals surface area contributed by atoms with Crippen LogP contribution in [0.3, 0.4) is 0 Å². The number of nitrogens with zero attached hydrogens (tertiary/aromatic N) is 1. The lowest BCUT2D eigenvalue weighted by molar-refractivity contribution is 1.45. The van der Waals surface area contributed by atoms with Crippen molar-refractivity contribution in [2.45, 2.75) is 13.8 Å². The van der Waals surface area contributed by atoms with Gasteiger partial charge in [0.05, 0.1) is 11.6 Å². The Labute approximate surface area is 155 Å². The number of rotatable bonds is 2. The van der Waals surface area contributed by atoms with Crippen LogP contribution in [0, 0.1) is 25.2 Å². The monoisotopic (exact) mass is 335 g/mol. The van der Waals surface area contributed by atoms with Crippen LogP contribution in [0.5, 0.6) is 0 Å². The third kappa shape index (κ3) is 4.18. The summed E-state index contributed by atoms with van der Waals surface area (Å²) >= 11 is 0. The van der Waals surface area contributed by atoms with E-state index >= 15 is 0 Å². The highest BCUT2D eigenvalue weighted by atomic mass is 14.2. The van der Waals surface area contributed by atoms with Crippen LogP contribution in [0.4, 0.5) is 0 Å². The molecule has 0 bridgehead atoms. The minimum Gasteiger partial charge on any atom is -0.192 e. The van der Waals surface area contributed by atoms with Crippen LogP contribution in [-0.2, 0) is 0 Å². The maximum atomic E-state index is 9.09. The molecule has 0 aliphatic heterocycles. The molecule has 3 rings (SSSR count). The summed E-state index contributed by atoms with van der Waals surface area (Å²) < 4.78 is 0. The van der Waals surface area contributed by atoms with Crippen LogP contribution < -0.4 is 0 Å². The number of hydrogen-bond donors (Lipinski definition) is 0. The normalized spacial score (nSPS) is 9.88. The molecule has 26 heavy (non-hydrogen) atoms. The van der Waals surface area contributed by atoms with Crippen LogP contribution >= 0.6 is 0 Å². The van der Waals surface area contributed by atoms with Crippen LogP contribution in [0.2, 0.25) is 0 Å². The molecule has 0 N–H and O–H groups in total. The molecule has 1 heteroatoms. The zero-order chi connectivity index (χ0) is 18.4. The van der Waals surface area contributed by atoms with Gasteiger partial charge in [0, 0.05) is 0 Å². The van der Waals surface area contributed by atoms with E-state index in [0.29, 0.717) is 5.56 Å². The van der Waals surface area contributed by atoms with E-state index in [0.717, 1.165) is 11.1 Å². The maximum Gasteiger partial charge on any atom is 0.0991 e. The van der Waals surface area contributed by atoms with E-state index in [9.17, 15) is 0 Å². The van der Waals surface area contributed by atoms with E-state index in [1.54, 1.807) is 0 Å². The molecule has 0 amide bonds. The number of aryl methyl sites for hydroxylation is 2. The van der Waals surface area contributed by atoms with Crippen LogP contribution in [0.1, 0.15) is 16.7 Å². The minimum atomic E-state index is 0.681. The van der Waals surface area contributed by atoms with Gasteiger partial charge in [-0.1, -0.05) is 84.4 Å². The second-order valence-electron chi connectivity index (χ2n) is 6.35. The van der Waals surface area contributed by atoms with Crippen molar-refractivity contribution in [3.8, 4) is 28.3 Å². The summed E-state index contributed by atoms with van der Waals surface area (Å²) in [6, 6.07) is 33.2. The highest BCUT2D eigenvalue weighted by Gasteiger charge is 2.02. The van der Waals surface area contributed by atoms with E-state index in [1.165, 1.54) is 22.3 Å². The zero-order valence-electron chi connectivity index (χ0n) is 15.1. The summed E-state index contributed by atoms with van der Waals surface area (Å²) in [5.74, 6) is 0. The fraction of sp³-hybridized carbons (Fsp3) is 0.0800. The van der Waals surface area contributed by atoms with Gasteiger partial charge in [0.2, 0.25) is 0 Å². The second kappa shape index (κ2) is 8.14. The van der Waals surface area contributed by atoms with Crippen molar-refractivity contribution in [2.24, 2.45) is 0 Å². The lowest BCUT2D eigenvalue weighted by Crippen LogP contribution is -1.83. The van der Waals surface area contributed by atoms with Crippen molar-refractivity contribution in [1.29, 1.82) is 5.26 Å². The fourth-order valence-corrected chi connectivity index (χ4v) is 2.90. The highest BCUT2D eigenvalue weighted by molar-refractivity contribution is 5.72. The molecule has 3 aromatic carbocycles. The van der Waals surface area contributed by atoms with Crippen molar-refractivity contribution in [3.05, 3.63) is 108 Å². The van der Waals surface area contributed by atoms with Crippen molar-refractivity contribution in [1.82, 2.24) is 0 Å². The third-order valence-corrected chi connectivity index (χ3v) is 4.39. The van der Waals surface area contributed by atoms with Gasteiger partial charge in [-0.3, -0.25) is 0 Å². The molecule has 0 saturated carbocycles. The summed E-state index contributed by atoms with van der Waals surface area (Å²) in [5, 5.41) is 9.09. The standard InChI is InChI=1S/C25H21N/c1-19-7-4-3-5-8-20(2)25(16-11-19)23-14-12-22(13-15-23)24-10-6-9-21(17-24)18-26/h3-17H,1-2H3. The molecule has 0 spiro atoms. The van der Waals surface area contributed by atoms with Gasteiger partial charge >= 0.3 is 0 Å². The Bertz CT molecular complexity index is 1010. The fourth-order valence-electron chi connectivity index (χ4n) is 2.90. The second-order valence-corrected chi connectivity index (χ2v) is 6.35. The molecule has 3 aromatic rings. The van der Waals surface area contributed by atoms with Gasteiger partial charge in [0.1, 0.15) is 0 Å².